The van der Waals surface area contributed by atoms with Gasteiger partial charge in [0.05, 0.1) is 10.4 Å². The molecule has 0 saturated carbocycles. The molecular weight excluding hydrogens is 134 g/mol. The first kappa shape index (κ1) is 5.99. The standard InChI is InChI=1S/C6H2NOS/c7-3-5-1-2-9-6(5)4-8/h1-2H. The Hall–Kier alpha value is -1.14. The number of nitriles is 1. The van der Waals surface area contributed by atoms with Gasteiger partial charge >= 0.3 is 0 Å². The molecule has 0 atom stereocenters. The van der Waals surface area contributed by atoms with Crippen LogP contribution in [0, 0.1) is 11.3 Å². The second kappa shape index (κ2) is 2.42. The van der Waals surface area contributed by atoms with Crippen molar-refractivity contribution in [1.29, 1.82) is 5.26 Å². The number of rotatable bonds is 1. The quantitative estimate of drug-likeness (QED) is 0.579. The van der Waals surface area contributed by atoms with Crippen molar-refractivity contribution in [2.75, 3.05) is 0 Å². The van der Waals surface area contributed by atoms with E-state index in [9.17, 15) is 4.79 Å². The third-order valence-electron chi connectivity index (χ3n) is 0.878. The molecule has 1 aromatic rings. The van der Waals surface area contributed by atoms with Crippen LogP contribution in [0.4, 0.5) is 0 Å². The molecule has 2 nitrogen and oxygen atoms in total. The van der Waals surface area contributed by atoms with Crippen molar-refractivity contribution in [1.82, 2.24) is 0 Å². The van der Waals surface area contributed by atoms with Crippen LogP contribution in [-0.2, 0) is 4.79 Å². The van der Waals surface area contributed by atoms with Crippen molar-refractivity contribution in [2.24, 2.45) is 0 Å². The lowest BCUT2D eigenvalue weighted by molar-refractivity contribution is 0.563. The molecule has 0 amide bonds. The zero-order valence-corrected chi connectivity index (χ0v) is 5.23. The molecular formula is C6H2NOS. The maximum atomic E-state index is 9.98. The molecule has 0 aromatic carbocycles. The van der Waals surface area contributed by atoms with E-state index in [1.165, 1.54) is 11.3 Å². The van der Waals surface area contributed by atoms with Crippen LogP contribution >= 0.6 is 11.3 Å². The van der Waals surface area contributed by atoms with E-state index >= 15 is 0 Å². The van der Waals surface area contributed by atoms with Crippen LogP contribution in [0.25, 0.3) is 0 Å². The molecule has 3 heteroatoms. The maximum absolute atomic E-state index is 9.98. The van der Waals surface area contributed by atoms with Crippen LogP contribution in [0.15, 0.2) is 11.4 Å². The lowest BCUT2D eigenvalue weighted by Crippen LogP contribution is -1.75. The highest BCUT2D eigenvalue weighted by molar-refractivity contribution is 7.11. The van der Waals surface area contributed by atoms with Crippen LogP contribution in [-0.4, -0.2) is 6.29 Å². The van der Waals surface area contributed by atoms with Crippen molar-refractivity contribution in [3.63, 3.8) is 0 Å². The van der Waals surface area contributed by atoms with Gasteiger partial charge in [-0.3, -0.25) is 4.79 Å². The minimum atomic E-state index is 0.387. The van der Waals surface area contributed by atoms with Crippen molar-refractivity contribution in [3.05, 3.63) is 21.9 Å². The molecule has 1 radical (unpaired) electrons. The summed E-state index contributed by atoms with van der Waals surface area (Å²) in [5, 5.41) is 10.0. The molecule has 0 aliphatic heterocycles. The Morgan fingerprint density at radius 1 is 1.67 bits per heavy atom. The fourth-order valence-electron chi connectivity index (χ4n) is 0.476. The fourth-order valence-corrected chi connectivity index (χ4v) is 1.11. The monoisotopic (exact) mass is 136 g/mol. The van der Waals surface area contributed by atoms with Crippen molar-refractivity contribution < 1.29 is 4.79 Å². The summed E-state index contributed by atoms with van der Waals surface area (Å²) >= 11 is 1.23. The molecule has 1 aromatic heterocycles. The largest absolute Gasteiger partial charge is 0.284 e. The second-order valence-corrected chi connectivity index (χ2v) is 2.29. The van der Waals surface area contributed by atoms with Crippen LogP contribution in [0.3, 0.4) is 0 Å². The van der Waals surface area contributed by atoms with Gasteiger partial charge in [0.1, 0.15) is 6.07 Å². The van der Waals surface area contributed by atoms with Gasteiger partial charge in [0.15, 0.2) is 0 Å². The van der Waals surface area contributed by atoms with E-state index < -0.39 is 0 Å². The topological polar surface area (TPSA) is 40.9 Å². The molecule has 1 rings (SSSR count). The van der Waals surface area contributed by atoms with Crippen LogP contribution in [0.1, 0.15) is 10.4 Å². The highest BCUT2D eigenvalue weighted by Crippen LogP contribution is 2.11. The van der Waals surface area contributed by atoms with Crippen molar-refractivity contribution in [2.45, 2.75) is 0 Å². The summed E-state index contributed by atoms with van der Waals surface area (Å²) in [5.74, 6) is 0. The van der Waals surface area contributed by atoms with Gasteiger partial charge in [0.25, 0.3) is 0 Å². The number of carbonyl (C=O) groups excluding carboxylic acids is 1. The third kappa shape index (κ3) is 0.980. The van der Waals surface area contributed by atoms with Gasteiger partial charge in [0, 0.05) is 0 Å². The first-order valence-corrected chi connectivity index (χ1v) is 3.12. The van der Waals surface area contributed by atoms with Crippen molar-refractivity contribution >= 4 is 17.6 Å². The molecule has 1 heterocycles. The van der Waals surface area contributed by atoms with E-state index in [-0.39, 0.29) is 0 Å². The highest BCUT2D eigenvalue weighted by Gasteiger charge is 2.00. The molecule has 0 aliphatic carbocycles. The fraction of sp³-hybridized carbons (Fsp3) is 0. The highest BCUT2D eigenvalue weighted by atomic mass is 32.1. The molecule has 0 unspecified atom stereocenters. The molecule has 0 aliphatic rings. The third-order valence-corrected chi connectivity index (χ3v) is 1.69. The molecule has 0 bridgehead atoms. The summed E-state index contributed by atoms with van der Waals surface area (Å²) < 4.78 is 0. The van der Waals surface area contributed by atoms with Gasteiger partial charge in [-0.2, -0.15) is 5.26 Å². The van der Waals surface area contributed by atoms with Gasteiger partial charge in [-0.05, 0) is 11.4 Å². The molecule has 43 valence electrons. The summed E-state index contributed by atoms with van der Waals surface area (Å²) in [6, 6.07) is 3.48. The Balaban J connectivity index is 3.17. The Morgan fingerprint density at radius 3 is 2.89 bits per heavy atom. The van der Waals surface area contributed by atoms with E-state index in [1.807, 2.05) is 6.07 Å². The van der Waals surface area contributed by atoms with Crippen LogP contribution < -0.4 is 0 Å². The summed E-state index contributed by atoms with van der Waals surface area (Å²) in [5.41, 5.74) is 0.412. The number of hydrogen-bond donors (Lipinski definition) is 0. The Kier molecular flexibility index (Phi) is 1.61. The van der Waals surface area contributed by atoms with Crippen LogP contribution in [0.5, 0.6) is 0 Å². The van der Waals surface area contributed by atoms with Gasteiger partial charge < -0.3 is 0 Å². The average molecular weight is 136 g/mol. The predicted molar refractivity (Wildman–Crippen MR) is 33.8 cm³/mol. The van der Waals surface area contributed by atoms with E-state index in [0.717, 1.165) is 0 Å². The predicted octanol–water partition coefficient (Wildman–Crippen LogP) is 1.08. The Labute approximate surface area is 56.4 Å². The maximum Gasteiger partial charge on any atom is 0.245 e. The van der Waals surface area contributed by atoms with Gasteiger partial charge in [-0.1, -0.05) is 0 Å². The molecule has 0 fully saturated rings. The van der Waals surface area contributed by atoms with Gasteiger partial charge in [-0.25, -0.2) is 0 Å². The molecule has 9 heavy (non-hydrogen) atoms. The summed E-state index contributed by atoms with van der Waals surface area (Å²) in [7, 11) is 0. The van der Waals surface area contributed by atoms with Crippen LogP contribution in [0.2, 0.25) is 0 Å². The zero-order valence-electron chi connectivity index (χ0n) is 4.42. The molecule has 0 N–H and O–H groups in total. The Morgan fingerprint density at radius 2 is 2.44 bits per heavy atom. The second-order valence-electron chi connectivity index (χ2n) is 1.38. The van der Waals surface area contributed by atoms with E-state index in [1.54, 1.807) is 17.7 Å². The normalized spacial score (nSPS) is 8.33. The number of nitrogens with zero attached hydrogens (tertiary/aromatic N) is 1. The summed E-state index contributed by atoms with van der Waals surface area (Å²) in [6.07, 6.45) is 1.67. The number of hydrogen-bond acceptors (Lipinski definition) is 3. The number of thiophene rings is 1. The minimum Gasteiger partial charge on any atom is -0.284 e. The zero-order chi connectivity index (χ0) is 6.69. The summed E-state index contributed by atoms with van der Waals surface area (Å²) in [4.78, 5) is 10.4. The van der Waals surface area contributed by atoms with Gasteiger partial charge in [-0.15, -0.1) is 11.3 Å². The van der Waals surface area contributed by atoms with Crippen molar-refractivity contribution in [3.8, 4) is 6.07 Å². The SMILES string of the molecule is N#Cc1ccsc1[C]=O. The van der Waals surface area contributed by atoms with Gasteiger partial charge in [0.2, 0.25) is 6.29 Å². The molecule has 0 spiro atoms. The van der Waals surface area contributed by atoms with E-state index in [2.05, 4.69) is 0 Å². The average Bonchev–Trinajstić information content (AvgIpc) is 2.33. The smallest absolute Gasteiger partial charge is 0.245 e. The van der Waals surface area contributed by atoms with E-state index in [0.29, 0.717) is 10.4 Å². The summed E-state index contributed by atoms with van der Waals surface area (Å²) in [6.45, 7) is 0. The molecule has 0 saturated heterocycles. The Bertz CT molecular complexity index is 258. The lowest BCUT2D eigenvalue weighted by atomic mass is 10.3. The van der Waals surface area contributed by atoms with E-state index in [4.69, 9.17) is 5.26 Å². The minimum absolute atomic E-state index is 0.387. The lowest BCUT2D eigenvalue weighted by Gasteiger charge is -1.74. The first-order chi connectivity index (χ1) is 4.38. The first-order valence-electron chi connectivity index (χ1n) is 2.24.